The molecule has 4 N–H and O–H groups in total. The average Bonchev–Trinajstić information content (AvgIpc) is 2.51. The van der Waals surface area contributed by atoms with Gasteiger partial charge in [-0.05, 0) is 18.2 Å². The van der Waals surface area contributed by atoms with E-state index in [9.17, 15) is 18.4 Å². The van der Waals surface area contributed by atoms with E-state index in [1.807, 2.05) is 0 Å². The Bertz CT molecular complexity index is 1040. The number of aromatic nitrogens is 3. The highest BCUT2D eigenvalue weighted by atomic mass is 19.1. The molecule has 23 heavy (non-hydrogen) atoms. The van der Waals surface area contributed by atoms with Crippen LogP contribution >= 0.6 is 0 Å². The summed E-state index contributed by atoms with van der Waals surface area (Å²) in [5, 5.41) is 2.25. The number of nitrogen functional groups attached to an aromatic ring is 1. The molecule has 7 nitrogen and oxygen atoms in total. The molecular weight excluding hydrogens is 308 g/mol. The number of nitrogens with one attached hydrogen (secondary N) is 2. The lowest BCUT2D eigenvalue weighted by Gasteiger charge is -2.12. The molecule has 0 radical (unpaired) electrons. The molecule has 0 amide bonds. The molecule has 0 fully saturated rings. The number of nitrogens with two attached hydrogens (primary N) is 1. The van der Waals surface area contributed by atoms with Gasteiger partial charge in [-0.3, -0.25) is 14.2 Å². The predicted molar refractivity (Wildman–Crippen MR) is 81.7 cm³/mol. The topological polar surface area (TPSA) is 106 Å². The Labute approximate surface area is 127 Å². The maximum atomic E-state index is 14.3. The molecule has 0 aliphatic rings. The monoisotopic (exact) mass is 319 g/mol. The zero-order chi connectivity index (χ0) is 16.7. The maximum Gasteiger partial charge on any atom is 0.290 e. The second-order valence-corrected chi connectivity index (χ2v) is 4.85. The summed E-state index contributed by atoms with van der Waals surface area (Å²) in [7, 11) is 1.29. The van der Waals surface area contributed by atoms with Crippen molar-refractivity contribution in [3.63, 3.8) is 0 Å². The second kappa shape index (κ2) is 5.20. The van der Waals surface area contributed by atoms with Crippen molar-refractivity contribution in [2.45, 2.75) is 0 Å². The first-order chi connectivity index (χ1) is 10.9. The van der Waals surface area contributed by atoms with E-state index in [2.05, 4.69) is 15.3 Å². The van der Waals surface area contributed by atoms with Crippen LogP contribution in [0.15, 0.2) is 34.1 Å². The van der Waals surface area contributed by atoms with Crippen LogP contribution in [0.3, 0.4) is 0 Å². The van der Waals surface area contributed by atoms with Crippen molar-refractivity contribution in [3.05, 3.63) is 56.9 Å². The Morgan fingerprint density at radius 3 is 2.74 bits per heavy atom. The number of hydrogen-bond acceptors (Lipinski definition) is 5. The van der Waals surface area contributed by atoms with Gasteiger partial charge in [0.15, 0.2) is 5.65 Å². The van der Waals surface area contributed by atoms with Crippen LogP contribution in [0.5, 0.6) is 0 Å². The lowest BCUT2D eigenvalue weighted by Crippen LogP contribution is -2.26. The molecule has 3 rings (SSSR count). The number of pyridine rings is 1. The third-order valence-corrected chi connectivity index (χ3v) is 3.37. The van der Waals surface area contributed by atoms with Crippen LogP contribution in [0, 0.1) is 11.6 Å². The lowest BCUT2D eigenvalue weighted by molar-refractivity contribution is 0.599. The molecule has 0 spiro atoms. The van der Waals surface area contributed by atoms with Gasteiger partial charge in [0.05, 0.1) is 17.7 Å². The molecule has 0 saturated heterocycles. The Kier molecular flexibility index (Phi) is 3.32. The third kappa shape index (κ3) is 2.31. The van der Waals surface area contributed by atoms with E-state index in [1.54, 1.807) is 0 Å². The van der Waals surface area contributed by atoms with Crippen molar-refractivity contribution in [2.75, 3.05) is 11.1 Å². The van der Waals surface area contributed by atoms with E-state index in [1.165, 1.54) is 19.2 Å². The van der Waals surface area contributed by atoms with Gasteiger partial charge in [-0.25, -0.2) is 9.37 Å². The summed E-state index contributed by atoms with van der Waals surface area (Å²) < 4.78 is 29.2. The number of rotatable bonds is 2. The standard InChI is InChI=1S/C14H11F2N5O2/c1-21-12-9(13(22)19-5-18-12)11(10(16)14(21)23)20-8-3-2-6(17)4-7(8)15/h2-5,20H,17H2,1H3,(H,18,19,22). The molecule has 0 aliphatic carbocycles. The van der Waals surface area contributed by atoms with E-state index in [4.69, 9.17) is 5.73 Å². The molecule has 0 bridgehead atoms. The average molecular weight is 319 g/mol. The quantitative estimate of drug-likeness (QED) is 0.616. The van der Waals surface area contributed by atoms with Crippen molar-refractivity contribution < 1.29 is 8.78 Å². The normalized spacial score (nSPS) is 10.9. The van der Waals surface area contributed by atoms with Gasteiger partial charge in [0.25, 0.3) is 11.1 Å². The minimum Gasteiger partial charge on any atom is -0.399 e. The SMILES string of the molecule is Cn1c(=O)c(F)c(Nc2ccc(N)cc2F)c2c(=O)[nH]cnc21. The number of halogens is 2. The van der Waals surface area contributed by atoms with Crippen molar-refractivity contribution >= 4 is 28.1 Å². The fraction of sp³-hybridized carbons (Fsp3) is 0.0714. The molecule has 0 saturated carbocycles. The molecule has 0 aliphatic heterocycles. The van der Waals surface area contributed by atoms with Crippen LogP contribution in [-0.2, 0) is 7.05 Å². The van der Waals surface area contributed by atoms with E-state index in [0.717, 1.165) is 17.0 Å². The molecule has 9 heteroatoms. The van der Waals surface area contributed by atoms with Crippen molar-refractivity contribution in [1.29, 1.82) is 0 Å². The number of H-pyrrole nitrogens is 1. The predicted octanol–water partition coefficient (Wildman–Crippen LogP) is 1.23. The van der Waals surface area contributed by atoms with Gasteiger partial charge in [0, 0.05) is 12.7 Å². The molecular formula is C14H11F2N5O2. The van der Waals surface area contributed by atoms with Crippen LogP contribution < -0.4 is 22.2 Å². The highest BCUT2D eigenvalue weighted by molar-refractivity contribution is 5.90. The van der Waals surface area contributed by atoms with Crippen molar-refractivity contribution in [3.8, 4) is 0 Å². The Balaban J connectivity index is 2.33. The molecule has 118 valence electrons. The van der Waals surface area contributed by atoms with Crippen molar-refractivity contribution in [2.24, 2.45) is 7.05 Å². The summed E-state index contributed by atoms with van der Waals surface area (Å²) in [6.45, 7) is 0. The summed E-state index contributed by atoms with van der Waals surface area (Å²) in [5.74, 6) is -1.96. The number of aryl methyl sites for hydroxylation is 1. The molecule has 2 aromatic heterocycles. The summed E-state index contributed by atoms with van der Waals surface area (Å²) >= 11 is 0. The van der Waals surface area contributed by atoms with E-state index >= 15 is 0 Å². The van der Waals surface area contributed by atoms with Crippen molar-refractivity contribution in [1.82, 2.24) is 14.5 Å². The number of aromatic amines is 1. The fourth-order valence-corrected chi connectivity index (χ4v) is 2.21. The van der Waals surface area contributed by atoms with Gasteiger partial charge >= 0.3 is 0 Å². The molecule has 0 atom stereocenters. The Hall–Kier alpha value is -3.23. The first-order valence-electron chi connectivity index (χ1n) is 6.48. The fourth-order valence-electron chi connectivity index (χ4n) is 2.21. The molecule has 3 aromatic rings. The Morgan fingerprint density at radius 1 is 1.30 bits per heavy atom. The summed E-state index contributed by atoms with van der Waals surface area (Å²) in [6, 6.07) is 3.71. The molecule has 2 heterocycles. The number of nitrogens with zero attached hydrogens (tertiary/aromatic N) is 2. The van der Waals surface area contributed by atoms with Crippen LogP contribution in [-0.4, -0.2) is 14.5 Å². The van der Waals surface area contributed by atoms with Gasteiger partial charge in [-0.15, -0.1) is 0 Å². The highest BCUT2D eigenvalue weighted by Crippen LogP contribution is 2.26. The number of fused-ring (bicyclic) bond motifs is 1. The Morgan fingerprint density at radius 2 is 2.04 bits per heavy atom. The smallest absolute Gasteiger partial charge is 0.290 e. The van der Waals surface area contributed by atoms with Gasteiger partial charge in [-0.2, -0.15) is 4.39 Å². The summed E-state index contributed by atoms with van der Waals surface area (Å²) in [6.07, 6.45) is 1.09. The lowest BCUT2D eigenvalue weighted by atomic mass is 10.2. The first kappa shape index (κ1) is 14.7. The zero-order valence-electron chi connectivity index (χ0n) is 11.9. The summed E-state index contributed by atoms with van der Waals surface area (Å²) in [4.78, 5) is 30.1. The second-order valence-electron chi connectivity index (χ2n) is 4.85. The highest BCUT2D eigenvalue weighted by Gasteiger charge is 2.19. The maximum absolute atomic E-state index is 14.3. The van der Waals surface area contributed by atoms with Crippen LogP contribution in [0.2, 0.25) is 0 Å². The van der Waals surface area contributed by atoms with E-state index < -0.39 is 28.4 Å². The minimum absolute atomic E-state index is 0.0292. The van der Waals surface area contributed by atoms with Gasteiger partial charge in [0.2, 0.25) is 5.82 Å². The molecule has 0 unspecified atom stereocenters. The third-order valence-electron chi connectivity index (χ3n) is 3.37. The van der Waals surface area contributed by atoms with E-state index in [0.29, 0.717) is 0 Å². The first-order valence-corrected chi connectivity index (χ1v) is 6.48. The zero-order valence-corrected chi connectivity index (χ0v) is 11.9. The largest absolute Gasteiger partial charge is 0.399 e. The number of anilines is 3. The van der Waals surface area contributed by atoms with Crippen LogP contribution in [0.4, 0.5) is 25.8 Å². The van der Waals surface area contributed by atoms with Crippen LogP contribution in [0.25, 0.3) is 11.0 Å². The minimum atomic E-state index is -1.21. The summed E-state index contributed by atoms with van der Waals surface area (Å²) in [5.41, 5.74) is 3.37. The van der Waals surface area contributed by atoms with Crippen LogP contribution in [0.1, 0.15) is 0 Å². The van der Waals surface area contributed by atoms with Gasteiger partial charge in [0.1, 0.15) is 11.2 Å². The molecule has 1 aromatic carbocycles. The number of benzene rings is 1. The van der Waals surface area contributed by atoms with Gasteiger partial charge < -0.3 is 16.0 Å². The van der Waals surface area contributed by atoms with E-state index in [-0.39, 0.29) is 22.4 Å². The van der Waals surface area contributed by atoms with Gasteiger partial charge in [-0.1, -0.05) is 0 Å². The number of hydrogen-bond donors (Lipinski definition) is 3.